The molecule has 4 heteroatoms. The molecule has 0 saturated carbocycles. The lowest BCUT2D eigenvalue weighted by atomic mass is 10.1. The van der Waals surface area contributed by atoms with E-state index in [9.17, 15) is 4.79 Å². The van der Waals surface area contributed by atoms with E-state index >= 15 is 0 Å². The van der Waals surface area contributed by atoms with Crippen LogP contribution in [0.3, 0.4) is 0 Å². The fraction of sp³-hybridized carbons (Fsp3) is 0.333. The molecule has 0 bridgehead atoms. The molecule has 1 heterocycles. The Morgan fingerprint density at radius 2 is 2.00 bits per heavy atom. The van der Waals surface area contributed by atoms with Crippen LogP contribution in [0.2, 0.25) is 0 Å². The van der Waals surface area contributed by atoms with Gasteiger partial charge in [0.1, 0.15) is 0 Å². The van der Waals surface area contributed by atoms with Crippen molar-refractivity contribution in [2.24, 2.45) is 0 Å². The van der Waals surface area contributed by atoms with Gasteiger partial charge in [-0.1, -0.05) is 12.1 Å². The van der Waals surface area contributed by atoms with Crippen LogP contribution in [0.25, 0.3) is 0 Å². The second-order valence-electron chi connectivity index (χ2n) is 4.76. The van der Waals surface area contributed by atoms with E-state index in [1.165, 1.54) is 0 Å². The highest BCUT2D eigenvalue weighted by Gasteiger charge is 2.12. The molecule has 2 aromatic rings. The summed E-state index contributed by atoms with van der Waals surface area (Å²) in [5.74, 6) is -0.163. The molecule has 2 rings (SSSR count). The Labute approximate surface area is 113 Å². The van der Waals surface area contributed by atoms with Gasteiger partial charge in [0.25, 0.3) is 5.91 Å². The molecule has 1 aromatic heterocycles. The molecular weight excluding hydrogens is 238 g/mol. The highest BCUT2D eigenvalue weighted by molar-refractivity contribution is 6.03. The summed E-state index contributed by atoms with van der Waals surface area (Å²) in [4.78, 5) is 12.2. The summed E-state index contributed by atoms with van der Waals surface area (Å²) >= 11 is 0. The van der Waals surface area contributed by atoms with Crippen LogP contribution >= 0.6 is 0 Å². The number of hydrogen-bond donors (Lipinski definition) is 1. The molecular formula is C15H19N3O. The third kappa shape index (κ3) is 2.84. The Balaban J connectivity index is 2.22. The van der Waals surface area contributed by atoms with Gasteiger partial charge in [-0.05, 0) is 51.0 Å². The van der Waals surface area contributed by atoms with E-state index in [0.717, 1.165) is 29.1 Å². The topological polar surface area (TPSA) is 46.9 Å². The van der Waals surface area contributed by atoms with Gasteiger partial charge in [0.15, 0.2) is 5.69 Å². The predicted molar refractivity (Wildman–Crippen MR) is 76.5 cm³/mol. The van der Waals surface area contributed by atoms with Crippen molar-refractivity contribution in [1.29, 1.82) is 0 Å². The Morgan fingerprint density at radius 1 is 1.26 bits per heavy atom. The number of anilines is 1. The van der Waals surface area contributed by atoms with E-state index in [1.54, 1.807) is 0 Å². The van der Waals surface area contributed by atoms with Gasteiger partial charge in [0.05, 0.1) is 0 Å². The zero-order valence-electron chi connectivity index (χ0n) is 11.8. The van der Waals surface area contributed by atoms with Crippen molar-refractivity contribution in [3.63, 3.8) is 0 Å². The highest BCUT2D eigenvalue weighted by atomic mass is 16.1. The molecule has 1 aromatic carbocycles. The van der Waals surface area contributed by atoms with Crippen molar-refractivity contribution in [2.45, 2.75) is 34.2 Å². The normalized spacial score (nSPS) is 10.5. The lowest BCUT2D eigenvalue weighted by Crippen LogP contribution is -2.14. The Bertz CT molecular complexity index is 614. The smallest absolute Gasteiger partial charge is 0.276 e. The highest BCUT2D eigenvalue weighted by Crippen LogP contribution is 2.17. The number of carbonyl (C=O) groups excluding carboxylic acids is 1. The molecule has 0 saturated heterocycles. The molecule has 100 valence electrons. The average molecular weight is 257 g/mol. The molecule has 4 nitrogen and oxygen atoms in total. The maximum atomic E-state index is 12.2. The standard InChI is InChI=1S/C15H19N3O/c1-5-18-12(4)9-14(17-18)15(19)16-13-8-10(2)6-7-11(13)3/h6-9H,5H2,1-4H3,(H,16,19). The largest absolute Gasteiger partial charge is 0.320 e. The summed E-state index contributed by atoms with van der Waals surface area (Å²) in [6.07, 6.45) is 0. The van der Waals surface area contributed by atoms with E-state index < -0.39 is 0 Å². The second-order valence-corrected chi connectivity index (χ2v) is 4.76. The molecule has 0 atom stereocenters. The number of hydrogen-bond acceptors (Lipinski definition) is 2. The lowest BCUT2D eigenvalue weighted by molar-refractivity contribution is 0.102. The van der Waals surface area contributed by atoms with E-state index in [0.29, 0.717) is 5.69 Å². The summed E-state index contributed by atoms with van der Waals surface area (Å²) < 4.78 is 1.82. The molecule has 0 aliphatic heterocycles. The molecule has 1 N–H and O–H groups in total. The van der Waals surface area contributed by atoms with Crippen molar-refractivity contribution in [2.75, 3.05) is 5.32 Å². The van der Waals surface area contributed by atoms with Crippen LogP contribution in [-0.4, -0.2) is 15.7 Å². The molecule has 19 heavy (non-hydrogen) atoms. The van der Waals surface area contributed by atoms with Gasteiger partial charge in [-0.3, -0.25) is 9.48 Å². The molecule has 0 fully saturated rings. The van der Waals surface area contributed by atoms with Crippen LogP contribution in [-0.2, 0) is 6.54 Å². The fourth-order valence-electron chi connectivity index (χ4n) is 2.00. The number of benzene rings is 1. The number of amides is 1. The lowest BCUT2D eigenvalue weighted by Gasteiger charge is -2.07. The summed E-state index contributed by atoms with van der Waals surface area (Å²) in [5.41, 5.74) is 4.46. The van der Waals surface area contributed by atoms with E-state index in [-0.39, 0.29) is 5.91 Å². The van der Waals surface area contributed by atoms with Crippen LogP contribution < -0.4 is 5.32 Å². The molecule has 0 spiro atoms. The first-order valence-corrected chi connectivity index (χ1v) is 6.44. The Hall–Kier alpha value is -2.10. The summed E-state index contributed by atoms with van der Waals surface area (Å²) in [6.45, 7) is 8.70. The van der Waals surface area contributed by atoms with Crippen molar-refractivity contribution >= 4 is 11.6 Å². The van der Waals surface area contributed by atoms with Crippen LogP contribution in [0, 0.1) is 20.8 Å². The van der Waals surface area contributed by atoms with Crippen molar-refractivity contribution in [1.82, 2.24) is 9.78 Å². The van der Waals surface area contributed by atoms with Crippen LogP contribution in [0.1, 0.15) is 34.2 Å². The number of aryl methyl sites for hydroxylation is 4. The van der Waals surface area contributed by atoms with Gasteiger partial charge in [-0.2, -0.15) is 5.10 Å². The van der Waals surface area contributed by atoms with Crippen molar-refractivity contribution in [3.05, 3.63) is 46.8 Å². The number of nitrogens with zero attached hydrogens (tertiary/aromatic N) is 2. The zero-order valence-corrected chi connectivity index (χ0v) is 11.8. The van der Waals surface area contributed by atoms with Crippen LogP contribution in [0.15, 0.2) is 24.3 Å². The number of aromatic nitrogens is 2. The first kappa shape index (κ1) is 13.3. The predicted octanol–water partition coefficient (Wildman–Crippen LogP) is 3.08. The zero-order chi connectivity index (χ0) is 14.0. The minimum Gasteiger partial charge on any atom is -0.320 e. The number of rotatable bonds is 3. The third-order valence-electron chi connectivity index (χ3n) is 3.15. The molecule has 1 amide bonds. The van der Waals surface area contributed by atoms with Crippen molar-refractivity contribution < 1.29 is 4.79 Å². The van der Waals surface area contributed by atoms with E-state index in [4.69, 9.17) is 0 Å². The summed E-state index contributed by atoms with van der Waals surface area (Å²) in [5, 5.41) is 7.20. The monoisotopic (exact) mass is 257 g/mol. The van der Waals surface area contributed by atoms with Gasteiger partial charge in [0.2, 0.25) is 0 Å². The minimum absolute atomic E-state index is 0.163. The first-order valence-electron chi connectivity index (χ1n) is 6.44. The van der Waals surface area contributed by atoms with Crippen molar-refractivity contribution in [3.8, 4) is 0 Å². The van der Waals surface area contributed by atoms with Gasteiger partial charge < -0.3 is 5.32 Å². The average Bonchev–Trinajstić information content (AvgIpc) is 2.75. The maximum Gasteiger partial charge on any atom is 0.276 e. The van der Waals surface area contributed by atoms with Crippen LogP contribution in [0.5, 0.6) is 0 Å². The SMILES string of the molecule is CCn1nc(C(=O)Nc2cc(C)ccc2C)cc1C. The number of nitrogens with one attached hydrogen (secondary N) is 1. The quantitative estimate of drug-likeness (QED) is 0.918. The van der Waals surface area contributed by atoms with Gasteiger partial charge in [-0.15, -0.1) is 0 Å². The maximum absolute atomic E-state index is 12.2. The molecule has 0 aliphatic rings. The Kier molecular flexibility index (Phi) is 3.69. The molecule has 0 aliphatic carbocycles. The van der Waals surface area contributed by atoms with Gasteiger partial charge in [-0.25, -0.2) is 0 Å². The van der Waals surface area contributed by atoms with E-state index in [1.807, 2.05) is 56.6 Å². The third-order valence-corrected chi connectivity index (χ3v) is 3.15. The fourth-order valence-corrected chi connectivity index (χ4v) is 2.00. The van der Waals surface area contributed by atoms with Gasteiger partial charge in [0, 0.05) is 17.9 Å². The number of carbonyl (C=O) groups is 1. The second kappa shape index (κ2) is 5.26. The molecule has 0 radical (unpaired) electrons. The minimum atomic E-state index is -0.163. The summed E-state index contributed by atoms with van der Waals surface area (Å²) in [6, 6.07) is 7.81. The van der Waals surface area contributed by atoms with E-state index in [2.05, 4.69) is 10.4 Å². The summed E-state index contributed by atoms with van der Waals surface area (Å²) in [7, 11) is 0. The first-order chi connectivity index (χ1) is 9.01. The Morgan fingerprint density at radius 3 is 2.63 bits per heavy atom. The van der Waals surface area contributed by atoms with Crippen LogP contribution in [0.4, 0.5) is 5.69 Å². The van der Waals surface area contributed by atoms with Gasteiger partial charge >= 0.3 is 0 Å². The molecule has 0 unspecified atom stereocenters.